The lowest BCUT2D eigenvalue weighted by Gasteiger charge is -2.26. The predicted octanol–water partition coefficient (Wildman–Crippen LogP) is 5.95. The summed E-state index contributed by atoms with van der Waals surface area (Å²) in [5.41, 5.74) is 2.09. The number of aliphatic hydroxyl groups is 1. The first kappa shape index (κ1) is 23.7. The van der Waals surface area contributed by atoms with Crippen molar-refractivity contribution in [3.05, 3.63) is 93.0 Å². The maximum atomic E-state index is 13.3. The van der Waals surface area contributed by atoms with Gasteiger partial charge in [-0.2, -0.15) is 0 Å². The van der Waals surface area contributed by atoms with Crippen molar-refractivity contribution in [1.29, 1.82) is 0 Å². The summed E-state index contributed by atoms with van der Waals surface area (Å²) in [7, 11) is 2.93. The van der Waals surface area contributed by atoms with Crippen LogP contribution in [0, 0.1) is 6.92 Å². The number of carbonyl (C=O) groups is 2. The van der Waals surface area contributed by atoms with Gasteiger partial charge in [0.15, 0.2) is 0 Å². The molecule has 174 valence electrons. The van der Waals surface area contributed by atoms with Gasteiger partial charge in [0.05, 0.1) is 36.4 Å². The van der Waals surface area contributed by atoms with Gasteiger partial charge in [0.25, 0.3) is 11.7 Å². The highest BCUT2D eigenvalue weighted by Crippen LogP contribution is 2.45. The normalized spacial score (nSPS) is 17.2. The molecule has 1 amide bonds. The zero-order chi connectivity index (χ0) is 24.6. The van der Waals surface area contributed by atoms with Crippen LogP contribution in [0.25, 0.3) is 5.76 Å². The lowest BCUT2D eigenvalue weighted by atomic mass is 9.94. The number of aliphatic hydroxyl groups excluding tert-OH is 1. The number of Topliss-reactive ketones (excluding diaryl/α,β-unsaturated/α-hetero) is 1. The smallest absolute Gasteiger partial charge is 0.300 e. The van der Waals surface area contributed by atoms with Crippen molar-refractivity contribution in [2.24, 2.45) is 0 Å². The van der Waals surface area contributed by atoms with Crippen molar-refractivity contribution >= 4 is 46.3 Å². The van der Waals surface area contributed by atoms with Crippen molar-refractivity contribution < 1.29 is 24.2 Å². The summed E-state index contributed by atoms with van der Waals surface area (Å²) in [6.45, 7) is 1.91. The number of carbonyl (C=O) groups excluding carboxylic acids is 2. The van der Waals surface area contributed by atoms with E-state index < -0.39 is 23.5 Å². The van der Waals surface area contributed by atoms with E-state index in [0.717, 1.165) is 5.56 Å². The van der Waals surface area contributed by atoms with Gasteiger partial charge in [-0.05, 0) is 48.9 Å². The number of methoxy groups -OCH3 is 2. The molecule has 1 atom stereocenters. The highest BCUT2D eigenvalue weighted by molar-refractivity contribution is 6.52. The van der Waals surface area contributed by atoms with Crippen LogP contribution in [0.3, 0.4) is 0 Å². The standard InChI is InChI=1S/C26H21Cl2NO5/c1-14-5-4-6-15(11-14)22-21(23(30)19-12-16(27)13-20(28)25(19)34-3)24(31)26(32)29(22)17-7-9-18(33-2)10-8-17/h4-13,22,30H,1-3H3/b23-21+. The van der Waals surface area contributed by atoms with Crippen molar-refractivity contribution in [1.82, 2.24) is 0 Å². The van der Waals surface area contributed by atoms with Gasteiger partial charge in [0.2, 0.25) is 0 Å². The van der Waals surface area contributed by atoms with Gasteiger partial charge in [-0.1, -0.05) is 53.0 Å². The molecule has 1 unspecified atom stereocenters. The molecule has 1 fully saturated rings. The number of halogens is 2. The average molecular weight is 498 g/mol. The van der Waals surface area contributed by atoms with E-state index >= 15 is 0 Å². The molecule has 1 aliphatic heterocycles. The van der Waals surface area contributed by atoms with E-state index in [1.807, 2.05) is 25.1 Å². The number of anilines is 1. The van der Waals surface area contributed by atoms with Crippen LogP contribution >= 0.6 is 23.2 Å². The third kappa shape index (κ3) is 4.11. The van der Waals surface area contributed by atoms with Crippen LogP contribution in [-0.2, 0) is 9.59 Å². The van der Waals surface area contributed by atoms with E-state index in [4.69, 9.17) is 32.7 Å². The summed E-state index contributed by atoms with van der Waals surface area (Å²) in [5, 5.41) is 11.8. The molecule has 6 nitrogen and oxygen atoms in total. The molecule has 1 aliphatic rings. The maximum absolute atomic E-state index is 13.3. The maximum Gasteiger partial charge on any atom is 0.300 e. The number of benzene rings is 3. The van der Waals surface area contributed by atoms with Crippen molar-refractivity contribution in [2.45, 2.75) is 13.0 Å². The van der Waals surface area contributed by atoms with Gasteiger partial charge >= 0.3 is 0 Å². The van der Waals surface area contributed by atoms with Crippen LogP contribution in [0.2, 0.25) is 10.0 Å². The molecule has 1 heterocycles. The van der Waals surface area contributed by atoms with E-state index in [0.29, 0.717) is 17.0 Å². The highest BCUT2D eigenvalue weighted by Gasteiger charge is 2.47. The number of hydrogen-bond acceptors (Lipinski definition) is 5. The molecule has 4 rings (SSSR count). The number of hydrogen-bond donors (Lipinski definition) is 1. The van der Waals surface area contributed by atoms with Crippen LogP contribution in [0.15, 0.2) is 66.2 Å². The number of rotatable bonds is 5. The molecule has 0 spiro atoms. The van der Waals surface area contributed by atoms with E-state index in [2.05, 4.69) is 0 Å². The third-order valence-corrected chi connectivity index (χ3v) is 6.12. The van der Waals surface area contributed by atoms with Gasteiger partial charge < -0.3 is 14.6 Å². The van der Waals surface area contributed by atoms with Gasteiger partial charge in [-0.3, -0.25) is 14.5 Å². The molecule has 0 aromatic heterocycles. The second-order valence-electron chi connectivity index (χ2n) is 7.75. The van der Waals surface area contributed by atoms with Crippen LogP contribution in [-0.4, -0.2) is 31.0 Å². The number of nitrogens with zero attached hydrogens (tertiary/aromatic N) is 1. The lowest BCUT2D eigenvalue weighted by molar-refractivity contribution is -0.132. The Bertz CT molecular complexity index is 1320. The number of aryl methyl sites for hydroxylation is 1. The Morgan fingerprint density at radius 2 is 1.68 bits per heavy atom. The van der Waals surface area contributed by atoms with Gasteiger partial charge in [0, 0.05) is 10.7 Å². The molecule has 0 aliphatic carbocycles. The van der Waals surface area contributed by atoms with Gasteiger partial charge in [-0.25, -0.2) is 0 Å². The fraction of sp³-hybridized carbons (Fsp3) is 0.154. The number of ether oxygens (including phenoxy) is 2. The van der Waals surface area contributed by atoms with E-state index in [-0.39, 0.29) is 26.9 Å². The van der Waals surface area contributed by atoms with Crippen molar-refractivity contribution in [3.63, 3.8) is 0 Å². The topological polar surface area (TPSA) is 76.1 Å². The number of amides is 1. The molecule has 3 aromatic rings. The molecule has 1 saturated heterocycles. The Morgan fingerprint density at radius 1 is 0.971 bits per heavy atom. The van der Waals surface area contributed by atoms with Crippen LogP contribution in [0.5, 0.6) is 11.5 Å². The lowest BCUT2D eigenvalue weighted by Crippen LogP contribution is -2.29. The molecule has 3 aromatic carbocycles. The Morgan fingerprint density at radius 3 is 2.29 bits per heavy atom. The largest absolute Gasteiger partial charge is 0.507 e. The predicted molar refractivity (Wildman–Crippen MR) is 132 cm³/mol. The molecule has 0 radical (unpaired) electrons. The Labute approximate surface area is 206 Å². The molecular formula is C26H21Cl2NO5. The Kier molecular flexibility index (Phi) is 6.55. The molecule has 1 N–H and O–H groups in total. The van der Waals surface area contributed by atoms with E-state index in [1.54, 1.807) is 30.3 Å². The first-order valence-electron chi connectivity index (χ1n) is 10.3. The molecule has 0 bridgehead atoms. The van der Waals surface area contributed by atoms with Crippen molar-refractivity contribution in [2.75, 3.05) is 19.1 Å². The summed E-state index contributed by atoms with van der Waals surface area (Å²) >= 11 is 12.4. The van der Waals surface area contributed by atoms with E-state index in [9.17, 15) is 14.7 Å². The average Bonchev–Trinajstić information content (AvgIpc) is 3.08. The minimum absolute atomic E-state index is 0.0944. The van der Waals surface area contributed by atoms with Gasteiger partial charge in [-0.15, -0.1) is 0 Å². The monoisotopic (exact) mass is 497 g/mol. The summed E-state index contributed by atoms with van der Waals surface area (Å²) < 4.78 is 10.6. The fourth-order valence-corrected chi connectivity index (χ4v) is 4.66. The quantitative estimate of drug-likeness (QED) is 0.268. The first-order chi connectivity index (χ1) is 16.3. The third-order valence-electron chi connectivity index (χ3n) is 5.62. The zero-order valence-electron chi connectivity index (χ0n) is 18.6. The number of ketones is 1. The summed E-state index contributed by atoms with van der Waals surface area (Å²) in [6, 6.07) is 16.2. The van der Waals surface area contributed by atoms with Crippen LogP contribution < -0.4 is 14.4 Å². The first-order valence-corrected chi connectivity index (χ1v) is 11.1. The highest BCUT2D eigenvalue weighted by atomic mass is 35.5. The summed E-state index contributed by atoms with van der Waals surface area (Å²) in [6.07, 6.45) is 0. The van der Waals surface area contributed by atoms with Crippen LogP contribution in [0.1, 0.15) is 22.7 Å². The second-order valence-corrected chi connectivity index (χ2v) is 8.59. The molecule has 8 heteroatoms. The van der Waals surface area contributed by atoms with Crippen molar-refractivity contribution in [3.8, 4) is 11.5 Å². The molecule has 0 saturated carbocycles. The van der Waals surface area contributed by atoms with Crippen LogP contribution in [0.4, 0.5) is 5.69 Å². The molecular weight excluding hydrogens is 477 g/mol. The minimum Gasteiger partial charge on any atom is -0.507 e. The SMILES string of the molecule is COc1ccc(N2C(=O)C(=O)/C(=C(/O)c3cc(Cl)cc(Cl)c3OC)C2c2cccc(C)c2)cc1. The zero-order valence-corrected chi connectivity index (χ0v) is 20.1. The van der Waals surface area contributed by atoms with Gasteiger partial charge in [0.1, 0.15) is 17.3 Å². The minimum atomic E-state index is -0.893. The second kappa shape index (κ2) is 9.41. The Hall–Kier alpha value is -3.48. The van der Waals surface area contributed by atoms with E-state index in [1.165, 1.54) is 31.3 Å². The Balaban J connectivity index is 1.99. The summed E-state index contributed by atoms with van der Waals surface area (Å²) in [4.78, 5) is 28.0. The summed E-state index contributed by atoms with van der Waals surface area (Å²) in [5.74, 6) is -1.29. The molecule has 34 heavy (non-hydrogen) atoms. The fourth-order valence-electron chi connectivity index (χ4n) is 4.09.